The van der Waals surface area contributed by atoms with E-state index in [-0.39, 0.29) is 5.82 Å². The Hall–Kier alpha value is -1.16. The minimum atomic E-state index is -0.249. The topological polar surface area (TPSA) is 28.2 Å². The fourth-order valence-electron chi connectivity index (χ4n) is 3.10. The number of hydrogen-bond donors (Lipinski definition) is 1. The van der Waals surface area contributed by atoms with Gasteiger partial charge in [-0.2, -0.15) is 0 Å². The fraction of sp³-hybridized carbons (Fsp3) is 0.688. The Kier molecular flexibility index (Phi) is 5.77. The average molecular weight is 279 g/mol. The molecule has 1 aromatic heterocycles. The molecule has 1 aromatic rings. The van der Waals surface area contributed by atoms with Crippen LogP contribution in [0.3, 0.4) is 0 Å². The molecule has 0 bridgehead atoms. The molecule has 1 aliphatic rings. The lowest BCUT2D eigenvalue weighted by Gasteiger charge is -2.35. The van der Waals surface area contributed by atoms with Gasteiger partial charge in [0, 0.05) is 24.7 Å². The third-order valence-electron chi connectivity index (χ3n) is 4.10. The molecule has 2 rings (SSSR count). The van der Waals surface area contributed by atoms with Crippen molar-refractivity contribution in [3.63, 3.8) is 0 Å². The molecule has 1 aliphatic carbocycles. The zero-order chi connectivity index (χ0) is 14.4. The number of nitrogens with zero attached hydrogens (tertiary/aromatic N) is 2. The first-order valence-electron chi connectivity index (χ1n) is 7.88. The Morgan fingerprint density at radius 3 is 2.70 bits per heavy atom. The first kappa shape index (κ1) is 15.2. The average Bonchev–Trinajstić information content (AvgIpc) is 2.49. The van der Waals surface area contributed by atoms with Crippen molar-refractivity contribution in [1.29, 1.82) is 0 Å². The summed E-state index contributed by atoms with van der Waals surface area (Å²) in [5.74, 6) is 0.711. The first-order valence-corrected chi connectivity index (χ1v) is 7.88. The van der Waals surface area contributed by atoms with Crippen LogP contribution in [0.1, 0.15) is 51.5 Å². The standard InChI is InChI=1S/C16H26FN3/c1-3-18-11-13-10-14(17)12-19-16(13)20(4-2)15-8-6-5-7-9-15/h10,12,15,18H,3-9,11H2,1-2H3. The predicted molar refractivity (Wildman–Crippen MR) is 81.5 cm³/mol. The second kappa shape index (κ2) is 7.58. The van der Waals surface area contributed by atoms with Crippen molar-refractivity contribution in [3.05, 3.63) is 23.6 Å². The van der Waals surface area contributed by atoms with E-state index in [1.54, 1.807) is 6.07 Å². The summed E-state index contributed by atoms with van der Waals surface area (Å²) in [6.45, 7) is 6.72. The molecule has 0 saturated heterocycles. The van der Waals surface area contributed by atoms with Gasteiger partial charge in [0.05, 0.1) is 6.20 Å². The molecular formula is C16H26FN3. The molecule has 1 N–H and O–H groups in total. The normalized spacial score (nSPS) is 16.4. The molecule has 0 radical (unpaired) electrons. The monoisotopic (exact) mass is 279 g/mol. The molecule has 0 aromatic carbocycles. The van der Waals surface area contributed by atoms with Crippen LogP contribution in [0.5, 0.6) is 0 Å². The zero-order valence-electron chi connectivity index (χ0n) is 12.7. The Balaban J connectivity index is 2.22. The Morgan fingerprint density at radius 2 is 2.05 bits per heavy atom. The molecule has 0 amide bonds. The third kappa shape index (κ3) is 3.69. The highest BCUT2D eigenvalue weighted by molar-refractivity contribution is 5.48. The molecule has 112 valence electrons. The minimum absolute atomic E-state index is 0.249. The van der Waals surface area contributed by atoms with E-state index in [0.29, 0.717) is 12.6 Å². The molecule has 1 fully saturated rings. The Labute approximate surface area is 121 Å². The van der Waals surface area contributed by atoms with Crippen molar-refractivity contribution in [3.8, 4) is 0 Å². The molecule has 20 heavy (non-hydrogen) atoms. The van der Waals surface area contributed by atoms with Gasteiger partial charge < -0.3 is 10.2 Å². The number of aromatic nitrogens is 1. The molecular weight excluding hydrogens is 253 g/mol. The summed E-state index contributed by atoms with van der Waals surface area (Å²) >= 11 is 0. The smallest absolute Gasteiger partial charge is 0.141 e. The molecule has 0 atom stereocenters. The van der Waals surface area contributed by atoms with E-state index >= 15 is 0 Å². The van der Waals surface area contributed by atoms with Crippen LogP contribution in [0.25, 0.3) is 0 Å². The van der Waals surface area contributed by atoms with Crippen molar-refractivity contribution in [2.45, 2.75) is 58.5 Å². The van der Waals surface area contributed by atoms with Crippen LogP contribution in [0.15, 0.2) is 12.3 Å². The maximum Gasteiger partial charge on any atom is 0.141 e. The Bertz CT molecular complexity index is 416. The van der Waals surface area contributed by atoms with Crippen LogP contribution in [0.4, 0.5) is 10.2 Å². The van der Waals surface area contributed by atoms with Crippen LogP contribution >= 0.6 is 0 Å². The molecule has 4 heteroatoms. The summed E-state index contributed by atoms with van der Waals surface area (Å²) in [5, 5.41) is 3.28. The van der Waals surface area contributed by atoms with E-state index in [9.17, 15) is 4.39 Å². The quantitative estimate of drug-likeness (QED) is 0.864. The second-order valence-electron chi connectivity index (χ2n) is 5.49. The molecule has 0 aliphatic heterocycles. The number of anilines is 1. The van der Waals surface area contributed by atoms with Crippen molar-refractivity contribution in [2.24, 2.45) is 0 Å². The van der Waals surface area contributed by atoms with Gasteiger partial charge in [0.1, 0.15) is 11.6 Å². The number of rotatable bonds is 6. The summed E-state index contributed by atoms with van der Waals surface area (Å²) in [5.41, 5.74) is 0.972. The van der Waals surface area contributed by atoms with E-state index in [1.165, 1.54) is 38.3 Å². The highest BCUT2D eigenvalue weighted by Gasteiger charge is 2.23. The summed E-state index contributed by atoms with van der Waals surface area (Å²) in [7, 11) is 0. The van der Waals surface area contributed by atoms with Gasteiger partial charge >= 0.3 is 0 Å². The molecule has 0 unspecified atom stereocenters. The van der Waals surface area contributed by atoms with Crippen LogP contribution in [0, 0.1) is 5.82 Å². The Morgan fingerprint density at radius 1 is 1.30 bits per heavy atom. The lowest BCUT2D eigenvalue weighted by atomic mass is 9.94. The van der Waals surface area contributed by atoms with Gasteiger partial charge in [-0.15, -0.1) is 0 Å². The molecule has 1 saturated carbocycles. The predicted octanol–water partition coefficient (Wildman–Crippen LogP) is 3.49. The highest BCUT2D eigenvalue weighted by atomic mass is 19.1. The van der Waals surface area contributed by atoms with Crippen LogP contribution in [0.2, 0.25) is 0 Å². The fourth-order valence-corrected chi connectivity index (χ4v) is 3.10. The van der Waals surface area contributed by atoms with Gasteiger partial charge in [0.2, 0.25) is 0 Å². The maximum absolute atomic E-state index is 13.5. The second-order valence-corrected chi connectivity index (χ2v) is 5.49. The van der Waals surface area contributed by atoms with Gasteiger partial charge in [-0.25, -0.2) is 9.37 Å². The maximum atomic E-state index is 13.5. The molecule has 0 spiro atoms. The zero-order valence-corrected chi connectivity index (χ0v) is 12.7. The van der Waals surface area contributed by atoms with Crippen LogP contribution < -0.4 is 10.2 Å². The SMILES string of the molecule is CCNCc1cc(F)cnc1N(CC)C1CCCCC1. The number of pyridine rings is 1. The van der Waals surface area contributed by atoms with E-state index in [2.05, 4.69) is 29.0 Å². The first-order chi connectivity index (χ1) is 9.76. The number of hydrogen-bond acceptors (Lipinski definition) is 3. The summed E-state index contributed by atoms with van der Waals surface area (Å²) in [4.78, 5) is 6.75. The lowest BCUT2D eigenvalue weighted by molar-refractivity contribution is 0.415. The molecule has 1 heterocycles. The number of halogens is 1. The van der Waals surface area contributed by atoms with E-state index in [1.807, 2.05) is 0 Å². The largest absolute Gasteiger partial charge is 0.354 e. The minimum Gasteiger partial charge on any atom is -0.354 e. The van der Waals surface area contributed by atoms with Crippen molar-refractivity contribution in [1.82, 2.24) is 10.3 Å². The van der Waals surface area contributed by atoms with Crippen molar-refractivity contribution in [2.75, 3.05) is 18.0 Å². The summed E-state index contributed by atoms with van der Waals surface area (Å²) in [6, 6.07) is 2.18. The van der Waals surface area contributed by atoms with Gasteiger partial charge in [0.15, 0.2) is 0 Å². The van der Waals surface area contributed by atoms with Crippen molar-refractivity contribution < 1.29 is 4.39 Å². The summed E-state index contributed by atoms with van der Waals surface area (Å²) < 4.78 is 13.5. The molecule has 3 nitrogen and oxygen atoms in total. The summed E-state index contributed by atoms with van der Waals surface area (Å²) in [6.07, 6.45) is 7.74. The van der Waals surface area contributed by atoms with E-state index in [4.69, 9.17) is 0 Å². The van der Waals surface area contributed by atoms with Gasteiger partial charge in [-0.3, -0.25) is 0 Å². The lowest BCUT2D eigenvalue weighted by Crippen LogP contribution is -2.38. The van der Waals surface area contributed by atoms with Gasteiger partial charge in [-0.1, -0.05) is 26.2 Å². The van der Waals surface area contributed by atoms with Crippen molar-refractivity contribution >= 4 is 5.82 Å². The van der Waals surface area contributed by atoms with Crippen LogP contribution in [-0.2, 0) is 6.54 Å². The highest BCUT2D eigenvalue weighted by Crippen LogP contribution is 2.28. The number of nitrogens with one attached hydrogen (secondary N) is 1. The third-order valence-corrected chi connectivity index (χ3v) is 4.10. The van der Waals surface area contributed by atoms with E-state index in [0.717, 1.165) is 24.5 Å². The van der Waals surface area contributed by atoms with Gasteiger partial charge in [0.25, 0.3) is 0 Å². The van der Waals surface area contributed by atoms with Gasteiger partial charge in [-0.05, 0) is 32.4 Å². The van der Waals surface area contributed by atoms with E-state index < -0.39 is 0 Å². The van der Waals surface area contributed by atoms with Crippen LogP contribution in [-0.4, -0.2) is 24.1 Å².